The smallest absolute Gasteiger partial charge is 0.225 e. The zero-order valence-corrected chi connectivity index (χ0v) is 16.7. The first-order valence-electron chi connectivity index (χ1n) is 10.3. The van der Waals surface area contributed by atoms with Gasteiger partial charge in [-0.25, -0.2) is 4.39 Å². The topological polar surface area (TPSA) is 67.9 Å². The molecule has 0 atom stereocenters. The molecule has 1 fully saturated rings. The third-order valence-corrected chi connectivity index (χ3v) is 5.55. The third kappa shape index (κ3) is 4.97. The molecule has 2 aromatic rings. The van der Waals surface area contributed by atoms with Crippen molar-refractivity contribution >= 4 is 17.4 Å². The Hall–Kier alpha value is -2.93. The van der Waals surface area contributed by atoms with Gasteiger partial charge in [0.15, 0.2) is 17.3 Å². The predicted molar refractivity (Wildman–Crippen MR) is 111 cm³/mol. The molecular formula is C23H25FN2O4. The second kappa shape index (κ2) is 9.26. The number of hydrogen-bond acceptors (Lipinski definition) is 5. The van der Waals surface area contributed by atoms with Crippen molar-refractivity contribution in [1.82, 2.24) is 4.90 Å². The highest BCUT2D eigenvalue weighted by atomic mass is 19.1. The Labute approximate surface area is 175 Å². The molecule has 0 saturated carbocycles. The molecule has 1 N–H and O–H groups in total. The van der Waals surface area contributed by atoms with E-state index in [0.717, 1.165) is 25.9 Å². The summed E-state index contributed by atoms with van der Waals surface area (Å²) in [5.41, 5.74) is 1.12. The van der Waals surface area contributed by atoms with Gasteiger partial charge in [0.25, 0.3) is 0 Å². The summed E-state index contributed by atoms with van der Waals surface area (Å²) in [5, 5.41) is 2.71. The van der Waals surface area contributed by atoms with Crippen LogP contribution in [0, 0.1) is 11.7 Å². The van der Waals surface area contributed by atoms with Crippen molar-refractivity contribution < 1.29 is 23.5 Å². The molecule has 1 amide bonds. The molecule has 2 heterocycles. The summed E-state index contributed by atoms with van der Waals surface area (Å²) >= 11 is 0. The van der Waals surface area contributed by atoms with Gasteiger partial charge in [-0.2, -0.15) is 0 Å². The van der Waals surface area contributed by atoms with Gasteiger partial charge in [-0.15, -0.1) is 0 Å². The Balaban J connectivity index is 1.23. The maximum atomic E-state index is 13.2. The molecule has 158 valence electrons. The molecule has 7 heteroatoms. The van der Waals surface area contributed by atoms with Crippen molar-refractivity contribution in [2.45, 2.75) is 19.3 Å². The van der Waals surface area contributed by atoms with Gasteiger partial charge in [-0.05, 0) is 62.3 Å². The number of Topliss-reactive ketones (excluding diaryl/α,β-unsaturated/α-hetero) is 1. The number of carbonyl (C=O) groups excluding carboxylic acids is 2. The van der Waals surface area contributed by atoms with Gasteiger partial charge in [0.05, 0.1) is 0 Å². The normalized spacial score (nSPS) is 16.8. The van der Waals surface area contributed by atoms with Crippen LogP contribution in [0.1, 0.15) is 29.6 Å². The standard InChI is InChI=1S/C23H25FN2O4/c24-18-2-1-3-19(15-18)25-22(27)8-11-26-9-6-16(7-10-26)23(28)17-4-5-20-21(14-17)30-13-12-29-20/h1-5,14-16H,6-13H2,(H,25,27). The molecule has 2 aliphatic rings. The van der Waals surface area contributed by atoms with Crippen LogP contribution in [0.3, 0.4) is 0 Å². The lowest BCUT2D eigenvalue weighted by Gasteiger charge is -2.31. The second-order valence-electron chi connectivity index (χ2n) is 7.65. The van der Waals surface area contributed by atoms with Crippen LogP contribution in [-0.4, -0.2) is 49.4 Å². The van der Waals surface area contributed by atoms with Crippen molar-refractivity contribution in [2.75, 3.05) is 38.2 Å². The zero-order chi connectivity index (χ0) is 20.9. The molecule has 30 heavy (non-hydrogen) atoms. The van der Waals surface area contributed by atoms with E-state index in [1.54, 1.807) is 30.3 Å². The van der Waals surface area contributed by atoms with Gasteiger partial charge in [-0.1, -0.05) is 6.07 Å². The number of amides is 1. The van der Waals surface area contributed by atoms with E-state index in [1.165, 1.54) is 12.1 Å². The molecule has 2 aliphatic heterocycles. The fourth-order valence-electron chi connectivity index (χ4n) is 3.90. The lowest BCUT2D eigenvalue weighted by atomic mass is 9.88. The lowest BCUT2D eigenvalue weighted by molar-refractivity contribution is -0.116. The van der Waals surface area contributed by atoms with Crippen LogP contribution in [0.2, 0.25) is 0 Å². The second-order valence-corrected chi connectivity index (χ2v) is 7.65. The van der Waals surface area contributed by atoms with Gasteiger partial charge in [0.2, 0.25) is 5.91 Å². The Morgan fingerprint density at radius 3 is 2.57 bits per heavy atom. The van der Waals surface area contributed by atoms with E-state index in [0.29, 0.717) is 48.9 Å². The number of ketones is 1. The zero-order valence-electron chi connectivity index (χ0n) is 16.7. The maximum absolute atomic E-state index is 13.2. The van der Waals surface area contributed by atoms with Crippen LogP contribution in [0.15, 0.2) is 42.5 Å². The van der Waals surface area contributed by atoms with Crippen LogP contribution in [-0.2, 0) is 4.79 Å². The lowest BCUT2D eigenvalue weighted by Crippen LogP contribution is -2.38. The number of halogens is 1. The number of carbonyl (C=O) groups is 2. The predicted octanol–water partition coefficient (Wildman–Crippen LogP) is 3.52. The average Bonchev–Trinajstić information content (AvgIpc) is 2.77. The fraction of sp³-hybridized carbons (Fsp3) is 0.391. The molecule has 0 spiro atoms. The highest BCUT2D eigenvalue weighted by Gasteiger charge is 2.27. The number of ether oxygens (including phenoxy) is 2. The summed E-state index contributed by atoms with van der Waals surface area (Å²) < 4.78 is 24.3. The molecule has 0 bridgehead atoms. The van der Waals surface area contributed by atoms with Gasteiger partial charge in [0, 0.05) is 30.1 Å². The van der Waals surface area contributed by atoms with E-state index in [4.69, 9.17) is 9.47 Å². The number of benzene rings is 2. The first kappa shape index (κ1) is 20.3. The third-order valence-electron chi connectivity index (χ3n) is 5.55. The Morgan fingerprint density at radius 1 is 1.03 bits per heavy atom. The monoisotopic (exact) mass is 412 g/mol. The summed E-state index contributed by atoms with van der Waals surface area (Å²) in [6.45, 7) is 3.18. The number of nitrogens with zero attached hydrogens (tertiary/aromatic N) is 1. The molecule has 2 aromatic carbocycles. The van der Waals surface area contributed by atoms with E-state index >= 15 is 0 Å². The van der Waals surface area contributed by atoms with Crippen molar-refractivity contribution in [3.05, 3.63) is 53.8 Å². The van der Waals surface area contributed by atoms with Crippen molar-refractivity contribution in [2.24, 2.45) is 5.92 Å². The number of piperidine rings is 1. The van der Waals surface area contributed by atoms with Gasteiger partial charge < -0.3 is 19.7 Å². The fourth-order valence-corrected chi connectivity index (χ4v) is 3.90. The van der Waals surface area contributed by atoms with E-state index in [-0.39, 0.29) is 23.4 Å². The summed E-state index contributed by atoms with van der Waals surface area (Å²) in [6, 6.07) is 11.2. The molecule has 1 saturated heterocycles. The number of rotatable bonds is 6. The summed E-state index contributed by atoms with van der Waals surface area (Å²) in [5.74, 6) is 0.908. The van der Waals surface area contributed by atoms with E-state index in [1.807, 2.05) is 0 Å². The Morgan fingerprint density at radius 2 is 1.80 bits per heavy atom. The molecule has 0 radical (unpaired) electrons. The van der Waals surface area contributed by atoms with Gasteiger partial charge >= 0.3 is 0 Å². The minimum Gasteiger partial charge on any atom is -0.486 e. The van der Waals surface area contributed by atoms with E-state index < -0.39 is 0 Å². The number of fused-ring (bicyclic) bond motifs is 1. The number of nitrogens with one attached hydrogen (secondary N) is 1. The van der Waals surface area contributed by atoms with E-state index in [2.05, 4.69) is 10.2 Å². The highest BCUT2D eigenvalue weighted by Crippen LogP contribution is 2.32. The minimum absolute atomic E-state index is 0.0232. The minimum atomic E-state index is -0.377. The van der Waals surface area contributed by atoms with Crippen LogP contribution in [0.5, 0.6) is 11.5 Å². The van der Waals surface area contributed by atoms with Crippen LogP contribution in [0.25, 0.3) is 0 Å². The molecule has 0 aromatic heterocycles. The van der Waals surface area contributed by atoms with Crippen molar-refractivity contribution in [3.8, 4) is 11.5 Å². The van der Waals surface area contributed by atoms with Gasteiger partial charge in [0.1, 0.15) is 19.0 Å². The summed E-state index contributed by atoms with van der Waals surface area (Å²) in [6.07, 6.45) is 1.86. The first-order valence-corrected chi connectivity index (χ1v) is 10.3. The van der Waals surface area contributed by atoms with Crippen LogP contribution < -0.4 is 14.8 Å². The molecule has 6 nitrogen and oxygen atoms in total. The molecule has 0 aliphatic carbocycles. The number of likely N-dealkylation sites (tertiary alicyclic amines) is 1. The first-order chi connectivity index (χ1) is 14.6. The quantitative estimate of drug-likeness (QED) is 0.736. The molecule has 0 unspecified atom stereocenters. The Kier molecular flexibility index (Phi) is 6.28. The highest BCUT2D eigenvalue weighted by molar-refractivity contribution is 5.98. The van der Waals surface area contributed by atoms with Crippen molar-refractivity contribution in [3.63, 3.8) is 0 Å². The molecule has 4 rings (SSSR count). The SMILES string of the molecule is O=C(CCN1CCC(C(=O)c2ccc3c(c2)OCCO3)CC1)Nc1cccc(F)c1. The van der Waals surface area contributed by atoms with E-state index in [9.17, 15) is 14.0 Å². The maximum Gasteiger partial charge on any atom is 0.225 e. The Bertz CT molecular complexity index is 925. The van der Waals surface area contributed by atoms with Gasteiger partial charge in [-0.3, -0.25) is 9.59 Å². The van der Waals surface area contributed by atoms with Crippen LogP contribution >= 0.6 is 0 Å². The largest absolute Gasteiger partial charge is 0.486 e. The summed E-state index contributed by atoms with van der Waals surface area (Å²) in [7, 11) is 0. The van der Waals surface area contributed by atoms with Crippen LogP contribution in [0.4, 0.5) is 10.1 Å². The summed E-state index contributed by atoms with van der Waals surface area (Å²) in [4.78, 5) is 27.2. The number of anilines is 1. The average molecular weight is 412 g/mol. The van der Waals surface area contributed by atoms with Crippen molar-refractivity contribution in [1.29, 1.82) is 0 Å². The number of hydrogen-bond donors (Lipinski definition) is 1. The molecular weight excluding hydrogens is 387 g/mol.